The first kappa shape index (κ1) is 19.4. The first-order chi connectivity index (χ1) is 13.0. The van der Waals surface area contributed by atoms with Crippen LogP contribution in [0, 0.1) is 0 Å². The third-order valence-electron chi connectivity index (χ3n) is 4.92. The lowest BCUT2D eigenvalue weighted by Crippen LogP contribution is -2.34. The highest BCUT2D eigenvalue weighted by atomic mass is 35.5. The fourth-order valence-corrected chi connectivity index (χ4v) is 3.39. The second-order valence-electron chi connectivity index (χ2n) is 6.90. The van der Waals surface area contributed by atoms with Gasteiger partial charge >= 0.3 is 0 Å². The first-order valence-electron chi connectivity index (χ1n) is 9.43. The van der Waals surface area contributed by atoms with E-state index in [2.05, 4.69) is 15.6 Å². The molecule has 2 heterocycles. The van der Waals surface area contributed by atoms with E-state index in [4.69, 9.17) is 11.6 Å². The number of amides is 2. The van der Waals surface area contributed by atoms with Crippen LogP contribution in [0.5, 0.6) is 0 Å². The molecule has 27 heavy (non-hydrogen) atoms. The summed E-state index contributed by atoms with van der Waals surface area (Å²) in [4.78, 5) is 29.8. The number of hydrogen-bond acceptors (Lipinski definition) is 3. The minimum absolute atomic E-state index is 0.0616. The Morgan fingerprint density at radius 2 is 2.04 bits per heavy atom. The van der Waals surface area contributed by atoms with Gasteiger partial charge in [0.1, 0.15) is 5.69 Å². The Balaban J connectivity index is 1.81. The molecule has 2 aromatic rings. The fourth-order valence-electron chi connectivity index (χ4n) is 3.19. The average molecular weight is 389 g/mol. The quantitative estimate of drug-likeness (QED) is 0.796. The Morgan fingerprint density at radius 1 is 1.26 bits per heavy atom. The Hall–Kier alpha value is -2.34. The van der Waals surface area contributed by atoms with Crippen molar-refractivity contribution in [3.05, 3.63) is 52.1 Å². The summed E-state index contributed by atoms with van der Waals surface area (Å²) in [5, 5.41) is 6.43. The summed E-state index contributed by atoms with van der Waals surface area (Å²) in [6, 6.07) is 7.45. The van der Waals surface area contributed by atoms with Gasteiger partial charge in [-0.2, -0.15) is 0 Å². The molecule has 0 radical (unpaired) electrons. The molecule has 0 bridgehead atoms. The Kier molecular flexibility index (Phi) is 6.16. The van der Waals surface area contributed by atoms with Gasteiger partial charge in [0.25, 0.3) is 11.8 Å². The number of aromatic nitrogens is 2. The maximum absolute atomic E-state index is 12.8. The van der Waals surface area contributed by atoms with Gasteiger partial charge in [0, 0.05) is 24.2 Å². The summed E-state index contributed by atoms with van der Waals surface area (Å²) in [5.74, 6) is -0.172. The maximum atomic E-state index is 12.8. The molecule has 2 N–H and O–H groups in total. The fraction of sp³-hybridized carbons (Fsp3) is 0.450. The van der Waals surface area contributed by atoms with Gasteiger partial charge in [-0.05, 0) is 44.2 Å². The summed E-state index contributed by atoms with van der Waals surface area (Å²) in [6.07, 6.45) is 3.56. The van der Waals surface area contributed by atoms with Crippen molar-refractivity contribution < 1.29 is 9.59 Å². The third-order valence-corrected chi connectivity index (χ3v) is 5.29. The monoisotopic (exact) mass is 388 g/mol. The lowest BCUT2D eigenvalue weighted by molar-refractivity contribution is 0.0923. The highest BCUT2D eigenvalue weighted by Crippen LogP contribution is 2.22. The van der Waals surface area contributed by atoms with E-state index >= 15 is 0 Å². The molecule has 0 saturated heterocycles. The Labute approximate surface area is 164 Å². The number of imidazole rings is 1. The van der Waals surface area contributed by atoms with Crippen molar-refractivity contribution >= 4 is 23.4 Å². The van der Waals surface area contributed by atoms with Crippen LogP contribution in [0.3, 0.4) is 0 Å². The Bertz CT molecular complexity index is 847. The zero-order chi connectivity index (χ0) is 19.4. The molecule has 0 fully saturated rings. The minimum Gasteiger partial charge on any atom is -0.347 e. The first-order valence-corrected chi connectivity index (χ1v) is 9.81. The molecule has 1 unspecified atom stereocenters. The number of benzene rings is 1. The van der Waals surface area contributed by atoms with E-state index in [-0.39, 0.29) is 17.9 Å². The van der Waals surface area contributed by atoms with Crippen LogP contribution in [0.15, 0.2) is 24.3 Å². The van der Waals surface area contributed by atoms with Crippen molar-refractivity contribution in [3.63, 3.8) is 0 Å². The van der Waals surface area contributed by atoms with Gasteiger partial charge < -0.3 is 15.2 Å². The molecule has 1 atom stereocenters. The van der Waals surface area contributed by atoms with Gasteiger partial charge in [-0.15, -0.1) is 0 Å². The number of nitrogens with zero attached hydrogens (tertiary/aromatic N) is 2. The zero-order valence-electron chi connectivity index (χ0n) is 15.7. The lowest BCUT2D eigenvalue weighted by Gasteiger charge is -2.18. The van der Waals surface area contributed by atoms with Gasteiger partial charge in [0.05, 0.1) is 5.69 Å². The summed E-state index contributed by atoms with van der Waals surface area (Å²) < 4.78 is 1.89. The number of rotatable bonds is 6. The predicted octanol–water partition coefficient (Wildman–Crippen LogP) is 3.33. The van der Waals surface area contributed by atoms with E-state index in [1.54, 1.807) is 6.07 Å². The smallest absolute Gasteiger partial charge is 0.287 e. The summed E-state index contributed by atoms with van der Waals surface area (Å²) in [6.45, 7) is 5.00. The van der Waals surface area contributed by atoms with Gasteiger partial charge in [-0.1, -0.05) is 36.7 Å². The second-order valence-corrected chi connectivity index (χ2v) is 7.30. The summed E-state index contributed by atoms with van der Waals surface area (Å²) in [7, 11) is 0. The molecule has 0 spiro atoms. The largest absolute Gasteiger partial charge is 0.347 e. The van der Waals surface area contributed by atoms with Crippen molar-refractivity contribution in [1.82, 2.24) is 20.2 Å². The molecular formula is C20H25ClN4O2. The molecule has 6 nitrogen and oxygen atoms in total. The van der Waals surface area contributed by atoms with Crippen LogP contribution >= 0.6 is 11.6 Å². The second kappa shape index (κ2) is 8.57. The number of nitrogens with one attached hydrogen (secondary N) is 2. The van der Waals surface area contributed by atoms with Crippen LogP contribution in [-0.2, 0) is 19.5 Å². The van der Waals surface area contributed by atoms with Gasteiger partial charge in [0.2, 0.25) is 0 Å². The van der Waals surface area contributed by atoms with Crippen LogP contribution in [0.2, 0.25) is 5.02 Å². The molecule has 3 rings (SSSR count). The van der Waals surface area contributed by atoms with E-state index in [9.17, 15) is 9.59 Å². The van der Waals surface area contributed by atoms with Crippen molar-refractivity contribution in [3.8, 4) is 0 Å². The molecule has 144 valence electrons. The van der Waals surface area contributed by atoms with E-state index in [0.29, 0.717) is 29.6 Å². The number of carbonyl (C=O) groups is 2. The molecule has 7 heteroatoms. The number of carbonyl (C=O) groups excluding carboxylic acids is 2. The van der Waals surface area contributed by atoms with E-state index in [1.165, 1.54) is 0 Å². The SMILES string of the molecule is CCC(C)NC(=O)c1nc(C(=O)NCc2ccccc2Cl)c2n1CCCC2. The molecule has 2 amide bonds. The molecule has 0 saturated carbocycles. The van der Waals surface area contributed by atoms with Crippen LogP contribution in [0.4, 0.5) is 0 Å². The molecular weight excluding hydrogens is 364 g/mol. The third kappa shape index (κ3) is 4.33. The highest BCUT2D eigenvalue weighted by molar-refractivity contribution is 6.31. The van der Waals surface area contributed by atoms with Crippen LogP contribution in [0.25, 0.3) is 0 Å². The minimum atomic E-state index is -0.275. The maximum Gasteiger partial charge on any atom is 0.287 e. The summed E-state index contributed by atoms with van der Waals surface area (Å²) in [5.41, 5.74) is 2.03. The lowest BCUT2D eigenvalue weighted by atomic mass is 10.1. The van der Waals surface area contributed by atoms with Crippen molar-refractivity contribution in [2.45, 2.75) is 58.7 Å². The van der Waals surface area contributed by atoms with Crippen molar-refractivity contribution in [2.75, 3.05) is 0 Å². The average Bonchev–Trinajstić information content (AvgIpc) is 3.07. The number of fused-ring (bicyclic) bond motifs is 1. The van der Waals surface area contributed by atoms with Gasteiger partial charge in [-0.3, -0.25) is 9.59 Å². The zero-order valence-corrected chi connectivity index (χ0v) is 16.5. The predicted molar refractivity (Wildman–Crippen MR) is 105 cm³/mol. The van der Waals surface area contributed by atoms with E-state index in [1.807, 2.05) is 36.6 Å². The topological polar surface area (TPSA) is 76.0 Å². The molecule has 1 aliphatic heterocycles. The molecule has 0 aliphatic carbocycles. The van der Waals surface area contributed by atoms with Gasteiger partial charge in [0.15, 0.2) is 5.82 Å². The highest BCUT2D eigenvalue weighted by Gasteiger charge is 2.27. The normalized spacial score (nSPS) is 14.3. The van der Waals surface area contributed by atoms with Gasteiger partial charge in [-0.25, -0.2) is 4.98 Å². The summed E-state index contributed by atoms with van der Waals surface area (Å²) >= 11 is 6.15. The standard InChI is InChI=1S/C20H25ClN4O2/c1-3-13(2)23-20(27)18-24-17(16-10-6-7-11-25(16)18)19(26)22-12-14-8-4-5-9-15(14)21/h4-5,8-9,13H,3,6-7,10-12H2,1-2H3,(H,22,26)(H,23,27). The molecule has 1 aromatic carbocycles. The Morgan fingerprint density at radius 3 is 2.78 bits per heavy atom. The van der Waals surface area contributed by atoms with Crippen molar-refractivity contribution in [2.24, 2.45) is 0 Å². The van der Waals surface area contributed by atoms with Crippen LogP contribution in [-0.4, -0.2) is 27.4 Å². The number of halogens is 1. The van der Waals surface area contributed by atoms with E-state index < -0.39 is 0 Å². The molecule has 1 aromatic heterocycles. The van der Waals surface area contributed by atoms with Crippen molar-refractivity contribution in [1.29, 1.82) is 0 Å². The van der Waals surface area contributed by atoms with Crippen LogP contribution < -0.4 is 10.6 Å². The van der Waals surface area contributed by atoms with E-state index in [0.717, 1.165) is 36.9 Å². The number of hydrogen-bond donors (Lipinski definition) is 2. The van der Waals surface area contributed by atoms with Crippen LogP contribution in [0.1, 0.15) is 65.5 Å². The molecule has 1 aliphatic rings.